The van der Waals surface area contributed by atoms with Crippen LogP contribution < -0.4 is 10.1 Å². The number of benzene rings is 1. The van der Waals surface area contributed by atoms with Crippen LogP contribution in [0.1, 0.15) is 35.3 Å². The van der Waals surface area contributed by atoms with Crippen LogP contribution in [0.25, 0.3) is 11.0 Å². The van der Waals surface area contributed by atoms with E-state index >= 15 is 0 Å². The van der Waals surface area contributed by atoms with E-state index in [2.05, 4.69) is 20.0 Å². The second-order valence-electron chi connectivity index (χ2n) is 7.42. The molecule has 6 nitrogen and oxygen atoms in total. The molecule has 162 valence electrons. The Hall–Kier alpha value is -3.36. The minimum atomic E-state index is -4.76. The van der Waals surface area contributed by atoms with E-state index in [1.54, 1.807) is 4.90 Å². The number of anilines is 2. The Morgan fingerprint density at radius 2 is 1.77 bits per heavy atom. The topological polar surface area (TPSA) is 67.3 Å². The maximum Gasteiger partial charge on any atom is 0.573 e. The zero-order valence-corrected chi connectivity index (χ0v) is 16.9. The van der Waals surface area contributed by atoms with Crippen LogP contribution in [0.2, 0.25) is 0 Å². The van der Waals surface area contributed by atoms with Crippen molar-refractivity contribution in [1.29, 1.82) is 0 Å². The molecule has 1 fully saturated rings. The van der Waals surface area contributed by atoms with Gasteiger partial charge in [-0.05, 0) is 62.6 Å². The summed E-state index contributed by atoms with van der Waals surface area (Å²) in [5.74, 6) is -0.450. The molecule has 4 rings (SSSR count). The number of halogens is 3. The summed E-state index contributed by atoms with van der Waals surface area (Å²) in [4.78, 5) is 23.8. The fourth-order valence-electron chi connectivity index (χ4n) is 3.62. The second-order valence-corrected chi connectivity index (χ2v) is 7.42. The first-order chi connectivity index (χ1) is 14.8. The molecule has 2 aromatic heterocycles. The van der Waals surface area contributed by atoms with Gasteiger partial charge >= 0.3 is 6.36 Å². The van der Waals surface area contributed by atoms with Crippen molar-refractivity contribution in [3.63, 3.8) is 0 Å². The third kappa shape index (κ3) is 4.87. The molecule has 0 radical (unpaired) electrons. The lowest BCUT2D eigenvalue weighted by atomic mass is 10.1. The summed E-state index contributed by atoms with van der Waals surface area (Å²) in [6.45, 7) is 3.22. The Morgan fingerprint density at radius 3 is 2.45 bits per heavy atom. The molecule has 0 unspecified atom stereocenters. The molecule has 0 aliphatic carbocycles. The highest BCUT2D eigenvalue weighted by molar-refractivity contribution is 6.07. The van der Waals surface area contributed by atoms with E-state index in [-0.39, 0.29) is 11.7 Å². The first-order valence-electron chi connectivity index (χ1n) is 9.99. The fraction of sp³-hybridized carbons (Fsp3) is 0.318. The minimum Gasteiger partial charge on any atom is -0.406 e. The number of amides is 1. The number of hydrogen-bond acceptors (Lipinski definition) is 5. The maximum atomic E-state index is 13.2. The van der Waals surface area contributed by atoms with Crippen molar-refractivity contribution in [3.05, 3.63) is 53.9 Å². The Morgan fingerprint density at radius 1 is 1.06 bits per heavy atom. The van der Waals surface area contributed by atoms with E-state index in [0.29, 0.717) is 41.1 Å². The molecule has 0 spiro atoms. The SMILES string of the molecule is Cc1ccc2c(Nc3ccc(OC(F)(F)F)cc3)c(C(=O)N3CCCCC3)cnc2n1. The zero-order chi connectivity index (χ0) is 22.0. The smallest absolute Gasteiger partial charge is 0.406 e. The number of likely N-dealkylation sites (tertiary alicyclic amines) is 1. The van der Waals surface area contributed by atoms with Crippen LogP contribution in [-0.2, 0) is 0 Å². The van der Waals surface area contributed by atoms with Crippen LogP contribution in [-0.4, -0.2) is 40.2 Å². The predicted octanol–water partition coefficient (Wildman–Crippen LogP) is 5.21. The molecule has 9 heteroatoms. The number of nitrogens with zero attached hydrogens (tertiary/aromatic N) is 3. The summed E-state index contributed by atoms with van der Waals surface area (Å²) in [6.07, 6.45) is -0.239. The number of carbonyl (C=O) groups is 1. The van der Waals surface area contributed by atoms with Gasteiger partial charge in [-0.2, -0.15) is 0 Å². The van der Waals surface area contributed by atoms with Crippen molar-refractivity contribution in [2.75, 3.05) is 18.4 Å². The van der Waals surface area contributed by atoms with E-state index in [1.807, 2.05) is 19.1 Å². The standard InChI is InChI=1S/C22H21F3N4O2/c1-14-5-10-17-19(28-15-6-8-16(9-7-15)31-22(23,24)25)18(13-26-20(17)27-14)21(30)29-11-3-2-4-12-29/h5-10,13H,2-4,11-12H2,1H3,(H,26,27,28). The van der Waals surface area contributed by atoms with E-state index in [1.165, 1.54) is 30.5 Å². The molecule has 1 amide bonds. The van der Waals surface area contributed by atoms with Gasteiger partial charge < -0.3 is 15.0 Å². The number of ether oxygens (including phenoxy) is 1. The molecule has 1 aliphatic rings. The summed E-state index contributed by atoms with van der Waals surface area (Å²) in [6, 6.07) is 9.02. The molecule has 3 aromatic rings. The largest absolute Gasteiger partial charge is 0.573 e. The van der Waals surface area contributed by atoms with Crippen molar-refractivity contribution in [1.82, 2.24) is 14.9 Å². The number of alkyl halides is 3. The Kier molecular flexibility index (Phi) is 5.67. The van der Waals surface area contributed by atoms with E-state index in [4.69, 9.17) is 0 Å². The van der Waals surface area contributed by atoms with Gasteiger partial charge in [0, 0.05) is 36.1 Å². The lowest BCUT2D eigenvalue weighted by molar-refractivity contribution is -0.274. The molecular formula is C22H21F3N4O2. The Bertz CT molecular complexity index is 1090. The average Bonchev–Trinajstić information content (AvgIpc) is 2.74. The van der Waals surface area contributed by atoms with Crippen LogP contribution in [0.4, 0.5) is 24.5 Å². The van der Waals surface area contributed by atoms with Gasteiger partial charge in [-0.1, -0.05) is 0 Å². The summed E-state index contributed by atoms with van der Waals surface area (Å²) in [5.41, 5.74) is 2.70. The van der Waals surface area contributed by atoms with Gasteiger partial charge in [-0.15, -0.1) is 13.2 Å². The molecule has 3 heterocycles. The third-order valence-electron chi connectivity index (χ3n) is 5.10. The van der Waals surface area contributed by atoms with Crippen molar-refractivity contribution in [2.24, 2.45) is 0 Å². The van der Waals surface area contributed by atoms with Gasteiger partial charge in [0.1, 0.15) is 5.75 Å². The Balaban J connectivity index is 1.71. The number of pyridine rings is 2. The quantitative estimate of drug-likeness (QED) is 0.616. The zero-order valence-electron chi connectivity index (χ0n) is 16.9. The van der Waals surface area contributed by atoms with Crippen molar-refractivity contribution in [2.45, 2.75) is 32.5 Å². The van der Waals surface area contributed by atoms with Gasteiger partial charge in [0.05, 0.1) is 11.3 Å². The first-order valence-corrected chi connectivity index (χ1v) is 9.99. The summed E-state index contributed by atoms with van der Waals surface area (Å²) in [7, 11) is 0. The number of fused-ring (bicyclic) bond motifs is 1. The van der Waals surface area contributed by atoms with Crippen molar-refractivity contribution in [3.8, 4) is 5.75 Å². The molecule has 1 N–H and O–H groups in total. The molecule has 0 atom stereocenters. The highest BCUT2D eigenvalue weighted by atomic mass is 19.4. The summed E-state index contributed by atoms with van der Waals surface area (Å²) >= 11 is 0. The van der Waals surface area contributed by atoms with Crippen LogP contribution >= 0.6 is 0 Å². The number of aromatic nitrogens is 2. The number of rotatable bonds is 4. The predicted molar refractivity (Wildman–Crippen MR) is 110 cm³/mol. The van der Waals surface area contributed by atoms with Crippen LogP contribution in [0.3, 0.4) is 0 Å². The third-order valence-corrected chi connectivity index (χ3v) is 5.10. The van der Waals surface area contributed by atoms with E-state index in [9.17, 15) is 18.0 Å². The fourth-order valence-corrected chi connectivity index (χ4v) is 3.62. The number of aryl methyl sites for hydroxylation is 1. The monoisotopic (exact) mass is 430 g/mol. The van der Waals surface area contributed by atoms with Gasteiger partial charge in [-0.3, -0.25) is 4.79 Å². The normalized spacial score (nSPS) is 14.5. The lowest BCUT2D eigenvalue weighted by Gasteiger charge is -2.27. The number of piperidine rings is 1. The average molecular weight is 430 g/mol. The minimum absolute atomic E-state index is 0.130. The summed E-state index contributed by atoms with van der Waals surface area (Å²) in [5, 5.41) is 3.84. The van der Waals surface area contributed by atoms with Gasteiger partial charge in [0.15, 0.2) is 5.65 Å². The first kappa shape index (κ1) is 20.9. The van der Waals surface area contributed by atoms with Crippen LogP contribution in [0, 0.1) is 6.92 Å². The van der Waals surface area contributed by atoms with Gasteiger partial charge in [0.2, 0.25) is 0 Å². The molecule has 31 heavy (non-hydrogen) atoms. The molecule has 1 saturated heterocycles. The number of nitrogens with one attached hydrogen (secondary N) is 1. The van der Waals surface area contributed by atoms with Crippen molar-refractivity contribution < 1.29 is 22.7 Å². The maximum absolute atomic E-state index is 13.2. The highest BCUT2D eigenvalue weighted by Gasteiger charge is 2.31. The lowest BCUT2D eigenvalue weighted by Crippen LogP contribution is -2.36. The highest BCUT2D eigenvalue weighted by Crippen LogP contribution is 2.31. The van der Waals surface area contributed by atoms with Gasteiger partial charge in [0.25, 0.3) is 5.91 Å². The van der Waals surface area contributed by atoms with Gasteiger partial charge in [-0.25, -0.2) is 9.97 Å². The Labute approximate surface area is 177 Å². The van der Waals surface area contributed by atoms with Crippen LogP contribution in [0.5, 0.6) is 5.75 Å². The molecule has 0 saturated carbocycles. The number of carbonyl (C=O) groups excluding carboxylic acids is 1. The molecule has 0 bridgehead atoms. The molecule has 1 aliphatic heterocycles. The van der Waals surface area contributed by atoms with Crippen molar-refractivity contribution >= 4 is 28.3 Å². The van der Waals surface area contributed by atoms with E-state index in [0.717, 1.165) is 25.0 Å². The van der Waals surface area contributed by atoms with Crippen LogP contribution in [0.15, 0.2) is 42.6 Å². The number of hydrogen-bond donors (Lipinski definition) is 1. The molecular weight excluding hydrogens is 409 g/mol. The molecule has 1 aromatic carbocycles. The van der Waals surface area contributed by atoms with E-state index < -0.39 is 6.36 Å². The second kappa shape index (κ2) is 8.41. The summed E-state index contributed by atoms with van der Waals surface area (Å²) < 4.78 is 41.2.